The average Bonchev–Trinajstić information content (AvgIpc) is 2.57. The molecule has 2 aromatic heterocycles. The number of hydrogen-bond acceptors (Lipinski definition) is 6. The minimum atomic E-state index is -0.774. The number of benzene rings is 1. The fraction of sp³-hybridized carbons (Fsp3) is 0.133. The highest BCUT2D eigenvalue weighted by atomic mass is 16.5. The number of nitrogens with zero attached hydrogens (tertiary/aromatic N) is 3. The molecular weight excluding hydrogens is 282 g/mol. The highest BCUT2D eigenvalue weighted by molar-refractivity contribution is 5.86. The maximum Gasteiger partial charge on any atom is 0.384 e. The molecule has 0 aliphatic carbocycles. The molecule has 7 heteroatoms. The summed E-state index contributed by atoms with van der Waals surface area (Å²) in [5, 5.41) is 13.3. The first-order chi connectivity index (χ1) is 10.7. The average molecular weight is 297 g/mol. The minimum Gasteiger partial charge on any atom is -0.422 e. The Labute approximate surface area is 126 Å². The van der Waals surface area contributed by atoms with Gasteiger partial charge in [-0.3, -0.25) is 0 Å². The quantitative estimate of drug-likeness (QED) is 0.623. The molecular formula is C15H15N5O2. The molecule has 4 N–H and O–H groups in total. The lowest BCUT2D eigenvalue weighted by molar-refractivity contribution is 0.182. The summed E-state index contributed by atoms with van der Waals surface area (Å²) in [5.41, 5.74) is 7.07. The van der Waals surface area contributed by atoms with Crippen molar-refractivity contribution in [2.24, 2.45) is 5.73 Å². The lowest BCUT2D eigenvalue weighted by Crippen LogP contribution is -2.23. The van der Waals surface area contributed by atoms with Gasteiger partial charge < -0.3 is 16.3 Å². The number of anilines is 1. The predicted molar refractivity (Wildman–Crippen MR) is 82.6 cm³/mol. The Morgan fingerprint density at radius 1 is 1.23 bits per heavy atom. The van der Waals surface area contributed by atoms with Gasteiger partial charge in [0.05, 0.1) is 5.39 Å². The Kier molecular flexibility index (Phi) is 3.71. The third kappa shape index (κ3) is 2.61. The highest BCUT2D eigenvalue weighted by Crippen LogP contribution is 2.17. The fourth-order valence-corrected chi connectivity index (χ4v) is 2.23. The number of rotatable bonds is 4. The zero-order valence-electron chi connectivity index (χ0n) is 11.7. The Balaban J connectivity index is 1.94. The van der Waals surface area contributed by atoms with E-state index in [2.05, 4.69) is 15.3 Å². The molecule has 0 bridgehead atoms. The number of nitrogens with two attached hydrogens (primary N) is 1. The third-order valence-electron chi connectivity index (χ3n) is 3.32. The van der Waals surface area contributed by atoms with Crippen LogP contribution in [0.5, 0.6) is 0 Å². The fourth-order valence-electron chi connectivity index (χ4n) is 2.23. The summed E-state index contributed by atoms with van der Waals surface area (Å²) in [6.45, 7) is 0.958. The van der Waals surface area contributed by atoms with E-state index in [0.29, 0.717) is 29.0 Å². The largest absolute Gasteiger partial charge is 0.422 e. The molecule has 0 radical (unpaired) electrons. The first-order valence-electron chi connectivity index (χ1n) is 6.78. The molecule has 0 atom stereocenters. The van der Waals surface area contributed by atoms with E-state index in [1.54, 1.807) is 12.1 Å². The van der Waals surface area contributed by atoms with Gasteiger partial charge in [-0.1, -0.05) is 24.3 Å². The molecule has 0 unspecified atom stereocenters. The summed E-state index contributed by atoms with van der Waals surface area (Å²) >= 11 is 0. The van der Waals surface area contributed by atoms with Gasteiger partial charge in [0.15, 0.2) is 5.65 Å². The summed E-state index contributed by atoms with van der Waals surface area (Å²) in [7, 11) is 0. The molecule has 0 fully saturated rings. The van der Waals surface area contributed by atoms with Crippen LogP contribution in [0.1, 0.15) is 11.1 Å². The van der Waals surface area contributed by atoms with Crippen molar-refractivity contribution >= 4 is 16.9 Å². The van der Waals surface area contributed by atoms with Crippen molar-refractivity contribution in [1.82, 2.24) is 14.7 Å². The van der Waals surface area contributed by atoms with Gasteiger partial charge in [0, 0.05) is 19.3 Å². The van der Waals surface area contributed by atoms with Crippen LogP contribution in [-0.4, -0.2) is 19.9 Å². The minimum absolute atomic E-state index is 0.167. The highest BCUT2D eigenvalue weighted by Gasteiger charge is 2.10. The predicted octanol–water partition coefficient (Wildman–Crippen LogP) is 1.10. The summed E-state index contributed by atoms with van der Waals surface area (Å²) in [4.78, 5) is 19.5. The maximum atomic E-state index is 11.7. The van der Waals surface area contributed by atoms with Gasteiger partial charge in [-0.15, -0.1) is 4.73 Å². The van der Waals surface area contributed by atoms with Crippen molar-refractivity contribution in [2.45, 2.75) is 13.1 Å². The molecule has 2 heterocycles. The van der Waals surface area contributed by atoms with Gasteiger partial charge in [-0.25, -0.2) is 9.78 Å². The van der Waals surface area contributed by atoms with E-state index in [4.69, 9.17) is 5.73 Å². The van der Waals surface area contributed by atoms with Crippen LogP contribution in [-0.2, 0) is 13.1 Å². The molecule has 0 saturated carbocycles. The number of nitrogens with one attached hydrogen (secondary N) is 1. The second-order valence-corrected chi connectivity index (χ2v) is 4.81. The van der Waals surface area contributed by atoms with Crippen LogP contribution in [0.3, 0.4) is 0 Å². The summed E-state index contributed by atoms with van der Waals surface area (Å²) in [6.07, 6.45) is 1.50. The van der Waals surface area contributed by atoms with Crippen molar-refractivity contribution in [1.29, 1.82) is 0 Å². The zero-order chi connectivity index (χ0) is 15.5. The van der Waals surface area contributed by atoms with Crippen LogP contribution in [0, 0.1) is 0 Å². The molecule has 112 valence electrons. The summed E-state index contributed by atoms with van der Waals surface area (Å²) in [5.74, 6) is 0.386. The van der Waals surface area contributed by atoms with Crippen LogP contribution >= 0.6 is 0 Å². The summed E-state index contributed by atoms with van der Waals surface area (Å²) in [6, 6.07) is 11.3. The molecule has 0 amide bonds. The van der Waals surface area contributed by atoms with E-state index < -0.39 is 5.69 Å². The molecule has 3 rings (SSSR count). The summed E-state index contributed by atoms with van der Waals surface area (Å²) < 4.78 is 0.440. The van der Waals surface area contributed by atoms with Crippen LogP contribution in [0.4, 0.5) is 5.82 Å². The van der Waals surface area contributed by atoms with E-state index in [1.165, 1.54) is 6.20 Å². The third-order valence-corrected chi connectivity index (χ3v) is 3.32. The van der Waals surface area contributed by atoms with E-state index in [9.17, 15) is 10.0 Å². The van der Waals surface area contributed by atoms with E-state index in [-0.39, 0.29) is 5.65 Å². The molecule has 3 aromatic rings. The number of aromatic nitrogens is 3. The standard InChI is InChI=1S/C15H15N5O2/c16-8-10-3-1-4-11(7-10)9-18-13-12-5-2-6-17-14(12)20(22)15(21)19-13/h1-7,22H,8-9,16H2,(H,18,19,21). The molecule has 22 heavy (non-hydrogen) atoms. The van der Waals surface area contributed by atoms with Crippen LogP contribution in [0.2, 0.25) is 0 Å². The topological polar surface area (TPSA) is 106 Å². The van der Waals surface area contributed by atoms with E-state index >= 15 is 0 Å². The van der Waals surface area contributed by atoms with Crippen molar-refractivity contribution in [3.8, 4) is 0 Å². The van der Waals surface area contributed by atoms with Gasteiger partial charge in [0.2, 0.25) is 0 Å². The molecule has 7 nitrogen and oxygen atoms in total. The van der Waals surface area contributed by atoms with Crippen LogP contribution in [0.25, 0.3) is 11.0 Å². The number of fused-ring (bicyclic) bond motifs is 1. The van der Waals surface area contributed by atoms with Crippen LogP contribution in [0.15, 0.2) is 47.4 Å². The van der Waals surface area contributed by atoms with Crippen molar-refractivity contribution < 1.29 is 5.21 Å². The molecule has 0 saturated heterocycles. The monoisotopic (exact) mass is 297 g/mol. The second kappa shape index (κ2) is 5.82. The van der Waals surface area contributed by atoms with Crippen molar-refractivity contribution in [2.75, 3.05) is 5.32 Å². The molecule has 0 aliphatic heterocycles. The Bertz CT molecular complexity index is 875. The van der Waals surface area contributed by atoms with E-state index in [1.807, 2.05) is 24.3 Å². The SMILES string of the molecule is NCc1cccc(CNc2nc(=O)n(O)c3ncccc23)c1. The van der Waals surface area contributed by atoms with Gasteiger partial charge in [0.1, 0.15) is 5.82 Å². The Hall–Kier alpha value is -2.93. The Morgan fingerprint density at radius 3 is 2.86 bits per heavy atom. The lowest BCUT2D eigenvalue weighted by Gasteiger charge is -2.10. The number of hydrogen-bond donors (Lipinski definition) is 3. The molecule has 1 aromatic carbocycles. The van der Waals surface area contributed by atoms with E-state index in [0.717, 1.165) is 11.1 Å². The van der Waals surface area contributed by atoms with Gasteiger partial charge >= 0.3 is 5.69 Å². The van der Waals surface area contributed by atoms with Crippen LogP contribution < -0.4 is 16.7 Å². The van der Waals surface area contributed by atoms with Crippen molar-refractivity contribution in [3.63, 3.8) is 0 Å². The Morgan fingerprint density at radius 2 is 2.05 bits per heavy atom. The first-order valence-corrected chi connectivity index (χ1v) is 6.78. The van der Waals surface area contributed by atoms with Gasteiger partial charge in [-0.2, -0.15) is 4.98 Å². The first kappa shape index (κ1) is 14.0. The van der Waals surface area contributed by atoms with Gasteiger partial charge in [-0.05, 0) is 23.3 Å². The maximum absolute atomic E-state index is 11.7. The molecule has 0 aliphatic rings. The number of pyridine rings is 1. The normalized spacial score (nSPS) is 10.8. The zero-order valence-corrected chi connectivity index (χ0v) is 11.7. The lowest BCUT2D eigenvalue weighted by atomic mass is 10.1. The second-order valence-electron chi connectivity index (χ2n) is 4.81. The van der Waals surface area contributed by atoms with Gasteiger partial charge in [0.25, 0.3) is 0 Å². The smallest absolute Gasteiger partial charge is 0.384 e. The van der Waals surface area contributed by atoms with Crippen molar-refractivity contribution in [3.05, 3.63) is 64.2 Å². The molecule has 0 spiro atoms.